The molecule has 7 heteroatoms. The highest BCUT2D eigenvalue weighted by Gasteiger charge is 2.14. The Kier molecular flexibility index (Phi) is 7.82. The van der Waals surface area contributed by atoms with Crippen molar-refractivity contribution in [2.24, 2.45) is 0 Å². The molecular weight excluding hydrogens is 364 g/mol. The molecule has 0 radical (unpaired) electrons. The van der Waals surface area contributed by atoms with Crippen molar-refractivity contribution in [3.63, 3.8) is 0 Å². The third kappa shape index (κ3) is 6.37. The molecule has 0 aliphatic rings. The van der Waals surface area contributed by atoms with E-state index in [0.29, 0.717) is 25.1 Å². The van der Waals surface area contributed by atoms with E-state index in [0.717, 1.165) is 24.2 Å². The molecule has 27 heavy (non-hydrogen) atoms. The zero-order chi connectivity index (χ0) is 19.7. The lowest BCUT2D eigenvalue weighted by atomic mass is 10.1. The van der Waals surface area contributed by atoms with Crippen LogP contribution in [0.25, 0.3) is 0 Å². The molecule has 0 aromatic heterocycles. The molecule has 6 nitrogen and oxygen atoms in total. The van der Waals surface area contributed by atoms with Gasteiger partial charge in [0.05, 0.1) is 12.0 Å². The van der Waals surface area contributed by atoms with Gasteiger partial charge in [-0.25, -0.2) is 13.1 Å². The smallest absolute Gasteiger partial charge is 0.251 e. The summed E-state index contributed by atoms with van der Waals surface area (Å²) in [7, 11) is -1.91. The lowest BCUT2D eigenvalue weighted by Crippen LogP contribution is -2.26. The van der Waals surface area contributed by atoms with Crippen LogP contribution in [0.4, 0.5) is 0 Å². The zero-order valence-electron chi connectivity index (χ0n) is 15.7. The maximum atomic E-state index is 12.2. The molecule has 0 bridgehead atoms. The van der Waals surface area contributed by atoms with Gasteiger partial charge in [0, 0.05) is 18.7 Å². The van der Waals surface area contributed by atoms with Crippen molar-refractivity contribution in [2.75, 3.05) is 20.2 Å². The number of carbonyl (C=O) groups excluding carboxylic acids is 1. The maximum absolute atomic E-state index is 12.2. The van der Waals surface area contributed by atoms with Gasteiger partial charge in [-0.15, -0.1) is 0 Å². The van der Waals surface area contributed by atoms with Crippen LogP contribution in [0, 0.1) is 0 Å². The second-order valence-corrected chi connectivity index (χ2v) is 7.90. The minimum absolute atomic E-state index is 0.159. The van der Waals surface area contributed by atoms with Gasteiger partial charge >= 0.3 is 0 Å². The van der Waals surface area contributed by atoms with Crippen LogP contribution >= 0.6 is 0 Å². The van der Waals surface area contributed by atoms with Crippen LogP contribution in [0.3, 0.4) is 0 Å². The summed E-state index contributed by atoms with van der Waals surface area (Å²) in [6, 6.07) is 13.6. The zero-order valence-corrected chi connectivity index (χ0v) is 16.5. The summed E-state index contributed by atoms with van der Waals surface area (Å²) in [5.74, 6) is 0.545. The number of rotatable bonds is 10. The van der Waals surface area contributed by atoms with Gasteiger partial charge < -0.3 is 10.1 Å². The second-order valence-electron chi connectivity index (χ2n) is 6.13. The van der Waals surface area contributed by atoms with Gasteiger partial charge in [-0.3, -0.25) is 4.79 Å². The highest BCUT2D eigenvalue weighted by Crippen LogP contribution is 2.13. The Morgan fingerprint density at radius 3 is 2.48 bits per heavy atom. The standard InChI is InChI=1S/C20H26N2O4S/c1-3-4-13-22-27(24,25)19-10-8-17(9-11-19)20(23)21-14-12-16-6-5-7-18(15-16)26-2/h5-11,15,22H,3-4,12-14H2,1-2H3,(H,21,23). The molecule has 0 spiro atoms. The number of methoxy groups -OCH3 is 1. The maximum Gasteiger partial charge on any atom is 0.251 e. The molecule has 2 rings (SSSR count). The summed E-state index contributed by atoms with van der Waals surface area (Å²) >= 11 is 0. The number of hydrogen-bond donors (Lipinski definition) is 2. The predicted octanol–water partition coefficient (Wildman–Crippen LogP) is 2.75. The fourth-order valence-electron chi connectivity index (χ4n) is 2.50. The molecule has 1 amide bonds. The summed E-state index contributed by atoms with van der Waals surface area (Å²) in [4.78, 5) is 12.4. The topological polar surface area (TPSA) is 84.5 Å². The predicted molar refractivity (Wildman–Crippen MR) is 106 cm³/mol. The average Bonchev–Trinajstić information content (AvgIpc) is 2.68. The third-order valence-electron chi connectivity index (χ3n) is 4.08. The molecule has 0 unspecified atom stereocenters. The molecule has 0 atom stereocenters. The summed E-state index contributed by atoms with van der Waals surface area (Å²) in [5, 5.41) is 2.84. The third-order valence-corrected chi connectivity index (χ3v) is 5.56. The molecule has 0 saturated carbocycles. The highest BCUT2D eigenvalue weighted by molar-refractivity contribution is 7.89. The van der Waals surface area contributed by atoms with Gasteiger partial charge in [0.25, 0.3) is 5.91 Å². The van der Waals surface area contributed by atoms with Gasteiger partial charge in [-0.05, 0) is 54.8 Å². The summed E-state index contributed by atoms with van der Waals surface area (Å²) in [5.41, 5.74) is 1.49. The van der Waals surface area contributed by atoms with E-state index in [1.807, 2.05) is 31.2 Å². The van der Waals surface area contributed by atoms with Gasteiger partial charge in [0.2, 0.25) is 10.0 Å². The number of carbonyl (C=O) groups is 1. The molecule has 146 valence electrons. The van der Waals surface area contributed by atoms with Crippen molar-refractivity contribution in [3.8, 4) is 5.75 Å². The lowest BCUT2D eigenvalue weighted by Gasteiger charge is -2.08. The van der Waals surface area contributed by atoms with Gasteiger partial charge in [-0.2, -0.15) is 0 Å². The molecule has 0 aliphatic carbocycles. The van der Waals surface area contributed by atoms with Crippen LogP contribution in [0.2, 0.25) is 0 Å². The first kappa shape index (κ1) is 20.9. The van der Waals surface area contributed by atoms with Crippen LogP contribution < -0.4 is 14.8 Å². The van der Waals surface area contributed by atoms with Gasteiger partial charge in [0.1, 0.15) is 5.75 Å². The van der Waals surface area contributed by atoms with Gasteiger partial charge in [-0.1, -0.05) is 25.5 Å². The molecule has 0 aliphatic heterocycles. The summed E-state index contributed by atoms with van der Waals surface area (Å²) in [6.07, 6.45) is 2.38. The Balaban J connectivity index is 1.89. The van der Waals surface area contributed by atoms with Crippen LogP contribution in [0.5, 0.6) is 5.75 Å². The van der Waals surface area contributed by atoms with Crippen molar-refractivity contribution < 1.29 is 17.9 Å². The summed E-state index contributed by atoms with van der Waals surface area (Å²) < 4.78 is 32.0. The molecular formula is C20H26N2O4S. The van der Waals surface area contributed by atoms with Crippen molar-refractivity contribution >= 4 is 15.9 Å². The van der Waals surface area contributed by atoms with Crippen LogP contribution in [0.1, 0.15) is 35.7 Å². The molecule has 2 aromatic rings. The Hall–Kier alpha value is -2.38. The molecule has 2 N–H and O–H groups in total. The SMILES string of the molecule is CCCCNS(=O)(=O)c1ccc(C(=O)NCCc2cccc(OC)c2)cc1. The van der Waals surface area contributed by atoms with E-state index in [4.69, 9.17) is 4.74 Å². The Bertz CT molecular complexity index is 849. The Labute approximate surface area is 161 Å². The number of sulfonamides is 1. The van der Waals surface area contributed by atoms with Crippen LogP contribution in [-0.4, -0.2) is 34.5 Å². The molecule has 0 saturated heterocycles. The fraction of sp³-hybridized carbons (Fsp3) is 0.350. The van der Waals surface area contributed by atoms with E-state index in [9.17, 15) is 13.2 Å². The quantitative estimate of drug-likeness (QED) is 0.611. The van der Waals surface area contributed by atoms with E-state index in [1.165, 1.54) is 24.3 Å². The second kappa shape index (κ2) is 10.1. The fourth-order valence-corrected chi connectivity index (χ4v) is 3.58. The van der Waals surface area contributed by atoms with E-state index in [-0.39, 0.29) is 10.8 Å². The van der Waals surface area contributed by atoms with E-state index in [1.54, 1.807) is 7.11 Å². The van der Waals surface area contributed by atoms with Crippen LogP contribution in [0.15, 0.2) is 53.4 Å². The first-order chi connectivity index (χ1) is 13.0. The van der Waals surface area contributed by atoms with Crippen molar-refractivity contribution in [1.29, 1.82) is 0 Å². The van der Waals surface area contributed by atoms with Crippen LogP contribution in [-0.2, 0) is 16.4 Å². The minimum Gasteiger partial charge on any atom is -0.497 e. The number of hydrogen-bond acceptors (Lipinski definition) is 4. The van der Waals surface area contributed by atoms with Crippen molar-refractivity contribution in [3.05, 3.63) is 59.7 Å². The first-order valence-corrected chi connectivity index (χ1v) is 10.5. The molecule has 0 heterocycles. The lowest BCUT2D eigenvalue weighted by molar-refractivity contribution is 0.0954. The van der Waals surface area contributed by atoms with E-state index < -0.39 is 10.0 Å². The minimum atomic E-state index is -3.53. The largest absolute Gasteiger partial charge is 0.497 e. The van der Waals surface area contributed by atoms with E-state index >= 15 is 0 Å². The number of amides is 1. The average molecular weight is 391 g/mol. The Morgan fingerprint density at radius 1 is 1.07 bits per heavy atom. The number of unbranched alkanes of at least 4 members (excludes halogenated alkanes) is 1. The molecule has 0 fully saturated rings. The normalized spacial score (nSPS) is 11.2. The summed E-state index contributed by atoms with van der Waals surface area (Å²) in [6.45, 7) is 2.88. The number of benzene rings is 2. The number of ether oxygens (including phenoxy) is 1. The van der Waals surface area contributed by atoms with Gasteiger partial charge in [0.15, 0.2) is 0 Å². The Morgan fingerprint density at radius 2 is 1.81 bits per heavy atom. The molecule has 2 aromatic carbocycles. The van der Waals surface area contributed by atoms with Crippen molar-refractivity contribution in [2.45, 2.75) is 31.1 Å². The first-order valence-electron chi connectivity index (χ1n) is 8.97. The van der Waals surface area contributed by atoms with Crippen molar-refractivity contribution in [1.82, 2.24) is 10.0 Å². The monoisotopic (exact) mass is 390 g/mol. The number of nitrogens with one attached hydrogen (secondary N) is 2. The van der Waals surface area contributed by atoms with E-state index in [2.05, 4.69) is 10.0 Å². The highest BCUT2D eigenvalue weighted by atomic mass is 32.2.